The van der Waals surface area contributed by atoms with E-state index >= 15 is 0 Å². The van der Waals surface area contributed by atoms with E-state index in [-0.39, 0.29) is 18.7 Å². The zero-order chi connectivity index (χ0) is 11.3. The number of hydrogen-bond donors (Lipinski definition) is 2. The minimum atomic E-state index is 0.00686. The van der Waals surface area contributed by atoms with E-state index in [9.17, 15) is 0 Å². The topological polar surface area (TPSA) is 41.5 Å². The van der Waals surface area contributed by atoms with Gasteiger partial charge in [-0.3, -0.25) is 0 Å². The van der Waals surface area contributed by atoms with E-state index in [1.165, 1.54) is 9.75 Å². The molecular formula is C11H19NO2S. The maximum absolute atomic E-state index is 9.12. The van der Waals surface area contributed by atoms with Gasteiger partial charge in [0.2, 0.25) is 0 Å². The predicted molar refractivity (Wildman–Crippen MR) is 63.4 cm³/mol. The van der Waals surface area contributed by atoms with Crippen LogP contribution in [0.4, 0.5) is 0 Å². The lowest BCUT2D eigenvalue weighted by Gasteiger charge is -2.20. The first-order chi connectivity index (χ1) is 7.17. The van der Waals surface area contributed by atoms with Crippen molar-refractivity contribution in [1.29, 1.82) is 0 Å². The molecule has 0 spiro atoms. The fraction of sp³-hybridized carbons (Fsp3) is 0.636. The monoisotopic (exact) mass is 229 g/mol. The molecule has 0 aliphatic heterocycles. The molecule has 1 rings (SSSR count). The third-order valence-electron chi connectivity index (χ3n) is 2.26. The largest absolute Gasteiger partial charge is 0.395 e. The molecule has 1 aromatic rings. The quantitative estimate of drug-likeness (QED) is 0.780. The van der Waals surface area contributed by atoms with Crippen LogP contribution in [0.2, 0.25) is 0 Å². The molecule has 2 unspecified atom stereocenters. The molecule has 0 saturated carbocycles. The number of nitrogens with one attached hydrogen (secondary N) is 1. The van der Waals surface area contributed by atoms with Gasteiger partial charge in [0.25, 0.3) is 0 Å². The van der Waals surface area contributed by atoms with Gasteiger partial charge < -0.3 is 15.2 Å². The molecule has 4 heteroatoms. The molecule has 0 aromatic carbocycles. The van der Waals surface area contributed by atoms with Crippen molar-refractivity contribution < 1.29 is 9.84 Å². The molecular weight excluding hydrogens is 210 g/mol. The standard InChI is InChI=1S/C11H19NO2S/c1-8-4-5-11(15-8)9(2)12-10(6-13)7-14-3/h4-5,9-10,12-13H,6-7H2,1-3H3. The van der Waals surface area contributed by atoms with Crippen molar-refractivity contribution in [2.75, 3.05) is 20.3 Å². The third kappa shape index (κ3) is 3.91. The number of rotatable bonds is 6. The Bertz CT molecular complexity index is 288. The fourth-order valence-electron chi connectivity index (χ4n) is 1.48. The lowest BCUT2D eigenvalue weighted by molar-refractivity contribution is 0.123. The van der Waals surface area contributed by atoms with Gasteiger partial charge in [-0.15, -0.1) is 11.3 Å². The van der Waals surface area contributed by atoms with Crippen LogP contribution in [-0.2, 0) is 4.74 Å². The van der Waals surface area contributed by atoms with Crippen LogP contribution < -0.4 is 5.32 Å². The molecule has 0 saturated heterocycles. The second-order valence-electron chi connectivity index (χ2n) is 3.67. The molecule has 0 aliphatic rings. The predicted octanol–water partition coefficient (Wildman–Crippen LogP) is 1.71. The van der Waals surface area contributed by atoms with Gasteiger partial charge >= 0.3 is 0 Å². The highest BCUT2D eigenvalue weighted by Crippen LogP contribution is 2.22. The van der Waals surface area contributed by atoms with Crippen LogP contribution >= 0.6 is 11.3 Å². The van der Waals surface area contributed by atoms with Crippen molar-refractivity contribution in [3.8, 4) is 0 Å². The number of aliphatic hydroxyl groups excluding tert-OH is 1. The summed E-state index contributed by atoms with van der Waals surface area (Å²) in [6, 6.07) is 4.50. The highest BCUT2D eigenvalue weighted by Gasteiger charge is 2.13. The number of thiophene rings is 1. The van der Waals surface area contributed by atoms with Crippen LogP contribution in [0.1, 0.15) is 22.7 Å². The van der Waals surface area contributed by atoms with Crippen LogP contribution in [0, 0.1) is 6.92 Å². The van der Waals surface area contributed by atoms with E-state index in [0.717, 1.165) is 0 Å². The van der Waals surface area contributed by atoms with Gasteiger partial charge in [-0.05, 0) is 26.0 Å². The summed E-state index contributed by atoms with van der Waals surface area (Å²) < 4.78 is 5.02. The number of aliphatic hydroxyl groups is 1. The van der Waals surface area contributed by atoms with Crippen molar-refractivity contribution >= 4 is 11.3 Å². The Morgan fingerprint density at radius 2 is 2.27 bits per heavy atom. The Hall–Kier alpha value is -0.420. The molecule has 2 N–H and O–H groups in total. The number of ether oxygens (including phenoxy) is 1. The second-order valence-corrected chi connectivity index (χ2v) is 4.99. The Morgan fingerprint density at radius 3 is 2.73 bits per heavy atom. The highest BCUT2D eigenvalue weighted by atomic mass is 32.1. The zero-order valence-corrected chi connectivity index (χ0v) is 10.3. The van der Waals surface area contributed by atoms with E-state index < -0.39 is 0 Å². The lowest BCUT2D eigenvalue weighted by atomic mass is 10.2. The molecule has 0 fully saturated rings. The van der Waals surface area contributed by atoms with Gasteiger partial charge in [-0.1, -0.05) is 0 Å². The van der Waals surface area contributed by atoms with Crippen molar-refractivity contribution in [3.05, 3.63) is 21.9 Å². The summed E-state index contributed by atoms with van der Waals surface area (Å²) in [6.45, 7) is 4.83. The minimum Gasteiger partial charge on any atom is -0.395 e. The summed E-state index contributed by atoms with van der Waals surface area (Å²) in [6.07, 6.45) is 0. The summed E-state index contributed by atoms with van der Waals surface area (Å²) in [4.78, 5) is 2.60. The van der Waals surface area contributed by atoms with Crippen molar-refractivity contribution in [3.63, 3.8) is 0 Å². The van der Waals surface area contributed by atoms with E-state index in [1.54, 1.807) is 18.4 Å². The molecule has 0 amide bonds. The molecule has 2 atom stereocenters. The first-order valence-electron chi connectivity index (χ1n) is 5.09. The van der Waals surface area contributed by atoms with Crippen LogP contribution in [0.3, 0.4) is 0 Å². The molecule has 15 heavy (non-hydrogen) atoms. The van der Waals surface area contributed by atoms with E-state index in [2.05, 4.69) is 31.3 Å². The third-order valence-corrected chi connectivity index (χ3v) is 3.45. The number of aryl methyl sites for hydroxylation is 1. The maximum atomic E-state index is 9.12. The lowest BCUT2D eigenvalue weighted by Crippen LogP contribution is -2.37. The van der Waals surface area contributed by atoms with Gasteiger partial charge in [-0.25, -0.2) is 0 Å². The Labute approximate surface area is 95.1 Å². The average molecular weight is 229 g/mol. The summed E-state index contributed by atoms with van der Waals surface area (Å²) in [5.74, 6) is 0. The zero-order valence-electron chi connectivity index (χ0n) is 9.49. The van der Waals surface area contributed by atoms with E-state index in [0.29, 0.717) is 6.61 Å². The Morgan fingerprint density at radius 1 is 1.53 bits per heavy atom. The molecule has 1 heterocycles. The summed E-state index contributed by atoms with van der Waals surface area (Å²) >= 11 is 1.78. The van der Waals surface area contributed by atoms with Gasteiger partial charge in [-0.2, -0.15) is 0 Å². The van der Waals surface area contributed by atoms with Crippen LogP contribution in [0.25, 0.3) is 0 Å². The van der Waals surface area contributed by atoms with Crippen molar-refractivity contribution in [2.24, 2.45) is 0 Å². The normalized spacial score (nSPS) is 15.2. The van der Waals surface area contributed by atoms with Crippen LogP contribution in [0.5, 0.6) is 0 Å². The van der Waals surface area contributed by atoms with Crippen molar-refractivity contribution in [1.82, 2.24) is 5.32 Å². The second kappa shape index (κ2) is 6.23. The Balaban J connectivity index is 2.50. The molecule has 0 bridgehead atoms. The Kier molecular flexibility index (Phi) is 5.25. The van der Waals surface area contributed by atoms with E-state index in [4.69, 9.17) is 9.84 Å². The first kappa shape index (κ1) is 12.6. The fourth-order valence-corrected chi connectivity index (χ4v) is 2.37. The summed E-state index contributed by atoms with van der Waals surface area (Å²) in [7, 11) is 1.64. The molecule has 0 radical (unpaired) electrons. The molecule has 86 valence electrons. The first-order valence-corrected chi connectivity index (χ1v) is 5.91. The van der Waals surface area contributed by atoms with Gasteiger partial charge in [0.1, 0.15) is 0 Å². The SMILES string of the molecule is COCC(CO)NC(C)c1ccc(C)s1. The smallest absolute Gasteiger partial charge is 0.0638 e. The number of hydrogen-bond acceptors (Lipinski definition) is 4. The molecule has 3 nitrogen and oxygen atoms in total. The summed E-state index contributed by atoms with van der Waals surface area (Å²) in [5.41, 5.74) is 0. The molecule has 1 aromatic heterocycles. The minimum absolute atomic E-state index is 0.00686. The van der Waals surface area contributed by atoms with Gasteiger partial charge in [0, 0.05) is 22.9 Å². The summed E-state index contributed by atoms with van der Waals surface area (Å²) in [5, 5.41) is 12.5. The van der Waals surface area contributed by atoms with Gasteiger partial charge in [0.15, 0.2) is 0 Å². The van der Waals surface area contributed by atoms with Crippen molar-refractivity contribution in [2.45, 2.75) is 25.9 Å². The van der Waals surface area contributed by atoms with E-state index in [1.807, 2.05) is 0 Å². The number of methoxy groups -OCH3 is 1. The highest BCUT2D eigenvalue weighted by molar-refractivity contribution is 7.12. The maximum Gasteiger partial charge on any atom is 0.0638 e. The average Bonchev–Trinajstić information content (AvgIpc) is 2.64. The molecule has 0 aliphatic carbocycles. The van der Waals surface area contributed by atoms with Crippen LogP contribution in [0.15, 0.2) is 12.1 Å². The van der Waals surface area contributed by atoms with Gasteiger partial charge in [0.05, 0.1) is 19.3 Å². The van der Waals surface area contributed by atoms with Crippen LogP contribution in [-0.4, -0.2) is 31.5 Å².